The van der Waals surface area contributed by atoms with Crippen LogP contribution < -0.4 is 21.1 Å². The highest BCUT2D eigenvalue weighted by atomic mass is 16.3. The number of phenols is 1. The van der Waals surface area contributed by atoms with E-state index in [0.29, 0.717) is 35.2 Å². The number of imidazole rings is 1. The highest BCUT2D eigenvalue weighted by molar-refractivity contribution is 6.07. The SMILES string of the molecule is CNCCc1nc2c(N3CC(N(C)C)C3)nc3c(=O)n(-c4cc(O)cc5ccccc45)ccc3c2n1[C@H]1[C@H]2CN[C@@H]1C2. The van der Waals surface area contributed by atoms with Crippen molar-refractivity contribution < 1.29 is 5.11 Å². The number of benzene rings is 2. The van der Waals surface area contributed by atoms with Crippen LogP contribution in [-0.4, -0.2) is 88.5 Å². The van der Waals surface area contributed by atoms with Crippen LogP contribution in [0.4, 0.5) is 5.82 Å². The second-order valence-electron chi connectivity index (χ2n) is 12.3. The van der Waals surface area contributed by atoms with Crippen LogP contribution in [-0.2, 0) is 6.42 Å². The van der Waals surface area contributed by atoms with E-state index in [2.05, 4.69) is 39.1 Å². The molecular weight excluding hydrogens is 528 g/mol. The van der Waals surface area contributed by atoms with E-state index in [4.69, 9.17) is 9.97 Å². The Morgan fingerprint density at radius 3 is 2.67 bits per heavy atom. The molecule has 10 nitrogen and oxygen atoms in total. The summed E-state index contributed by atoms with van der Waals surface area (Å²) in [6, 6.07) is 14.4. The van der Waals surface area contributed by atoms with Gasteiger partial charge >= 0.3 is 0 Å². The molecule has 1 saturated carbocycles. The van der Waals surface area contributed by atoms with Crippen LogP contribution in [0.25, 0.3) is 38.4 Å². The van der Waals surface area contributed by atoms with Gasteiger partial charge in [-0.05, 0) is 51.0 Å². The van der Waals surface area contributed by atoms with Gasteiger partial charge in [0.05, 0.1) is 17.2 Å². The van der Waals surface area contributed by atoms with E-state index in [9.17, 15) is 9.90 Å². The number of phenolic OH excluding ortho intramolecular Hbond substituents is 1. The van der Waals surface area contributed by atoms with Gasteiger partial charge in [-0.3, -0.25) is 9.36 Å². The van der Waals surface area contributed by atoms with E-state index in [0.717, 1.165) is 71.4 Å². The molecule has 10 heteroatoms. The fourth-order valence-electron chi connectivity index (χ4n) is 7.29. The van der Waals surface area contributed by atoms with Crippen molar-refractivity contribution in [2.24, 2.45) is 5.92 Å². The Morgan fingerprint density at radius 2 is 1.93 bits per heavy atom. The summed E-state index contributed by atoms with van der Waals surface area (Å²) in [6.45, 7) is 3.52. The zero-order chi connectivity index (χ0) is 28.7. The standard InChI is InChI=1S/C32H36N8O2/c1-33-10-8-26-35-28-30(40(26)29-19-13-24(29)34-15-19)23-9-11-39(25-14-21(41)12-18-6-4-5-7-22(18)25)32(42)27(23)36-31(28)38-16-20(17-38)37(2)3/h4-7,9,11-12,14,19-20,24,29,33-34,41H,8,10,13,15-17H2,1-3H3/t19-,24-,29+/m1/s1. The molecule has 3 aromatic heterocycles. The number of hydrogen-bond acceptors (Lipinski definition) is 8. The van der Waals surface area contributed by atoms with Gasteiger partial charge in [-0.1, -0.05) is 24.3 Å². The molecule has 2 bridgehead atoms. The molecule has 3 N–H and O–H groups in total. The van der Waals surface area contributed by atoms with Crippen molar-refractivity contribution in [2.45, 2.75) is 31.0 Å². The molecule has 3 aliphatic heterocycles. The summed E-state index contributed by atoms with van der Waals surface area (Å²) in [5.41, 5.74) is 2.78. The number of nitrogens with zero attached hydrogens (tertiary/aromatic N) is 6. The van der Waals surface area contributed by atoms with E-state index in [1.54, 1.807) is 16.7 Å². The van der Waals surface area contributed by atoms with Crippen LogP contribution in [0.5, 0.6) is 5.75 Å². The van der Waals surface area contributed by atoms with Gasteiger partial charge in [-0.15, -0.1) is 0 Å². The number of fused-ring (bicyclic) bond motifs is 5. The Bertz CT molecular complexity index is 1910. The van der Waals surface area contributed by atoms with Crippen molar-refractivity contribution in [3.63, 3.8) is 0 Å². The Kier molecular flexibility index (Phi) is 5.82. The average molecular weight is 565 g/mol. The zero-order valence-electron chi connectivity index (χ0n) is 24.2. The number of hydrogen-bond donors (Lipinski definition) is 3. The molecule has 0 amide bonds. The third-order valence-corrected chi connectivity index (χ3v) is 9.70. The van der Waals surface area contributed by atoms with Crippen LogP contribution in [0.2, 0.25) is 0 Å². The van der Waals surface area contributed by atoms with Gasteiger partial charge in [-0.2, -0.15) is 0 Å². The van der Waals surface area contributed by atoms with Crippen molar-refractivity contribution in [2.75, 3.05) is 52.2 Å². The summed E-state index contributed by atoms with van der Waals surface area (Å²) in [5, 5.41) is 20.1. The summed E-state index contributed by atoms with van der Waals surface area (Å²) in [4.78, 5) is 29.3. The highest BCUT2D eigenvalue weighted by Gasteiger charge is 2.49. The van der Waals surface area contributed by atoms with Gasteiger partial charge in [0.15, 0.2) is 5.82 Å². The largest absolute Gasteiger partial charge is 0.508 e. The van der Waals surface area contributed by atoms with E-state index < -0.39 is 0 Å². The van der Waals surface area contributed by atoms with Gasteiger partial charge in [0, 0.05) is 67.7 Å². The molecule has 4 fully saturated rings. The fourth-order valence-corrected chi connectivity index (χ4v) is 7.29. The predicted molar refractivity (Wildman–Crippen MR) is 166 cm³/mol. The maximum Gasteiger partial charge on any atom is 0.281 e. The third kappa shape index (κ3) is 3.71. The van der Waals surface area contributed by atoms with E-state index >= 15 is 0 Å². The molecule has 6 heterocycles. The van der Waals surface area contributed by atoms with Crippen LogP contribution in [0.3, 0.4) is 0 Å². The lowest BCUT2D eigenvalue weighted by molar-refractivity contribution is 0.220. The number of likely N-dealkylation sites (N-methyl/N-ethyl adjacent to an activating group) is 2. The lowest BCUT2D eigenvalue weighted by Gasteiger charge is -2.43. The summed E-state index contributed by atoms with van der Waals surface area (Å²) >= 11 is 0. The van der Waals surface area contributed by atoms with E-state index in [1.807, 2.05) is 43.6 Å². The Hall–Kier alpha value is -3.99. The van der Waals surface area contributed by atoms with Crippen LogP contribution in [0.15, 0.2) is 53.5 Å². The maximum absolute atomic E-state index is 14.4. The molecule has 0 radical (unpaired) electrons. The van der Waals surface area contributed by atoms with Crippen molar-refractivity contribution in [3.05, 3.63) is 64.8 Å². The molecular formula is C32H36N8O2. The molecule has 1 aliphatic carbocycles. The van der Waals surface area contributed by atoms with Crippen LogP contribution in [0.1, 0.15) is 18.3 Å². The highest BCUT2D eigenvalue weighted by Crippen LogP contribution is 2.47. The first-order chi connectivity index (χ1) is 20.4. The molecule has 4 aliphatic rings. The molecule has 2 aromatic carbocycles. The number of pyridine rings is 2. The molecule has 3 atom stereocenters. The first kappa shape index (κ1) is 25.7. The van der Waals surface area contributed by atoms with Gasteiger partial charge in [-0.25, -0.2) is 9.97 Å². The second kappa shape index (κ2) is 9.52. The van der Waals surface area contributed by atoms with Gasteiger partial charge in [0.2, 0.25) is 0 Å². The minimum absolute atomic E-state index is 0.121. The Labute approximate surface area is 243 Å². The monoisotopic (exact) mass is 564 g/mol. The molecule has 5 aromatic rings. The molecule has 0 spiro atoms. The molecule has 3 saturated heterocycles. The van der Waals surface area contributed by atoms with Crippen molar-refractivity contribution >= 4 is 38.5 Å². The summed E-state index contributed by atoms with van der Waals surface area (Å²) in [6.07, 6.45) is 3.81. The Morgan fingerprint density at radius 1 is 1.10 bits per heavy atom. The smallest absolute Gasteiger partial charge is 0.281 e. The predicted octanol–water partition coefficient (Wildman–Crippen LogP) is 2.64. The van der Waals surface area contributed by atoms with Crippen molar-refractivity contribution in [1.29, 1.82) is 0 Å². The topological polar surface area (TPSA) is 103 Å². The lowest BCUT2D eigenvalue weighted by atomic mass is 9.79. The first-order valence-electron chi connectivity index (χ1n) is 14.9. The third-order valence-electron chi connectivity index (χ3n) is 9.70. The number of aromatic hydroxyl groups is 1. The first-order valence-corrected chi connectivity index (χ1v) is 14.9. The summed E-state index contributed by atoms with van der Waals surface area (Å²) in [7, 11) is 6.18. The normalized spacial score (nSPS) is 22.0. The van der Waals surface area contributed by atoms with Crippen molar-refractivity contribution in [1.82, 2.24) is 34.6 Å². The summed E-state index contributed by atoms with van der Waals surface area (Å²) in [5.74, 6) is 2.52. The van der Waals surface area contributed by atoms with E-state index in [1.165, 1.54) is 6.42 Å². The Balaban J connectivity index is 1.40. The lowest BCUT2D eigenvalue weighted by Crippen LogP contribution is -2.57. The quantitative estimate of drug-likeness (QED) is 0.277. The fraction of sp³-hybridized carbons (Fsp3) is 0.406. The van der Waals surface area contributed by atoms with Crippen molar-refractivity contribution in [3.8, 4) is 11.4 Å². The summed E-state index contributed by atoms with van der Waals surface area (Å²) < 4.78 is 4.07. The average Bonchev–Trinajstić information content (AvgIpc) is 3.67. The zero-order valence-corrected chi connectivity index (χ0v) is 24.2. The number of anilines is 1. The molecule has 42 heavy (non-hydrogen) atoms. The minimum atomic E-state index is -0.199. The van der Waals surface area contributed by atoms with Gasteiger partial charge in [0.1, 0.15) is 22.6 Å². The van der Waals surface area contributed by atoms with E-state index in [-0.39, 0.29) is 11.3 Å². The molecule has 0 unspecified atom stereocenters. The number of aromatic nitrogens is 4. The molecule has 9 rings (SSSR count). The van der Waals surface area contributed by atoms with Crippen LogP contribution >= 0.6 is 0 Å². The minimum Gasteiger partial charge on any atom is -0.508 e. The maximum atomic E-state index is 14.4. The molecule has 216 valence electrons. The van der Waals surface area contributed by atoms with Crippen LogP contribution in [0, 0.1) is 5.92 Å². The van der Waals surface area contributed by atoms with Gasteiger partial charge in [0.25, 0.3) is 5.56 Å². The second-order valence-corrected chi connectivity index (χ2v) is 12.3. The number of nitrogens with one attached hydrogen (secondary N) is 2. The number of rotatable bonds is 7. The van der Waals surface area contributed by atoms with Gasteiger partial charge < -0.3 is 30.1 Å².